The highest BCUT2D eigenvalue weighted by Gasteiger charge is 2.53. The van der Waals surface area contributed by atoms with Crippen LogP contribution in [0.4, 0.5) is 0 Å². The maximum absolute atomic E-state index is 13.7. The molecule has 8 heteroatoms. The molecule has 1 saturated heterocycles. The van der Waals surface area contributed by atoms with Crippen LogP contribution in [0.1, 0.15) is 44.5 Å². The predicted octanol–water partition coefficient (Wildman–Crippen LogP) is 8.88. The topological polar surface area (TPSA) is 85.6 Å². The smallest absolute Gasteiger partial charge is 0.338 e. The first-order chi connectivity index (χ1) is 26.2. The molecule has 270 valence electrons. The summed E-state index contributed by atoms with van der Waals surface area (Å²) < 4.78 is 46.2. The van der Waals surface area contributed by atoms with Crippen LogP contribution in [0.5, 0.6) is 0 Å². The summed E-state index contributed by atoms with van der Waals surface area (Å²) in [5, 5.41) is 0. The maximum atomic E-state index is 13.7. The van der Waals surface area contributed by atoms with Crippen molar-refractivity contribution < 1.29 is 37.6 Å². The molecule has 0 spiro atoms. The summed E-state index contributed by atoms with van der Waals surface area (Å²) in [4.78, 5) is 13.7. The maximum Gasteiger partial charge on any atom is 0.338 e. The molecule has 0 bridgehead atoms. The Kier molecular flexibility index (Phi) is 12.5. The van der Waals surface area contributed by atoms with Crippen LogP contribution < -0.4 is 0 Å². The van der Waals surface area contributed by atoms with Gasteiger partial charge in [-0.15, -0.1) is 0 Å². The third-order valence-electron chi connectivity index (χ3n) is 9.01. The van der Waals surface area contributed by atoms with Gasteiger partial charge in [0.15, 0.2) is 12.4 Å². The van der Waals surface area contributed by atoms with E-state index in [-0.39, 0.29) is 26.4 Å². The summed E-state index contributed by atoms with van der Waals surface area (Å²) in [5.74, 6) is -0.150. The second-order valence-corrected chi connectivity index (χ2v) is 12.8. The summed E-state index contributed by atoms with van der Waals surface area (Å²) in [6.07, 6.45) is -3.75. The highest BCUT2D eigenvalue weighted by Crippen LogP contribution is 2.39. The van der Waals surface area contributed by atoms with Gasteiger partial charge in [0, 0.05) is 0 Å². The summed E-state index contributed by atoms with van der Waals surface area (Å²) in [5.41, 5.74) is 4.24. The van der Waals surface area contributed by atoms with E-state index in [1.807, 2.05) is 127 Å². The van der Waals surface area contributed by atoms with Gasteiger partial charge in [0.05, 0.1) is 38.3 Å². The first-order valence-corrected chi connectivity index (χ1v) is 17.8. The van der Waals surface area contributed by atoms with Gasteiger partial charge in [-0.05, 0) is 46.5 Å². The zero-order valence-electron chi connectivity index (χ0n) is 29.2. The van der Waals surface area contributed by atoms with Gasteiger partial charge in [-0.1, -0.05) is 140 Å². The predicted molar refractivity (Wildman–Crippen MR) is 198 cm³/mol. The van der Waals surface area contributed by atoms with Crippen LogP contribution in [0.2, 0.25) is 0 Å². The van der Waals surface area contributed by atoms with Crippen molar-refractivity contribution in [3.8, 4) is 0 Å². The average molecular weight is 711 g/mol. The summed E-state index contributed by atoms with van der Waals surface area (Å²) >= 11 is 0. The van der Waals surface area contributed by atoms with Crippen LogP contribution in [0, 0.1) is 0 Å². The molecule has 1 fully saturated rings. The Balaban J connectivity index is 1.29. The molecule has 1 aromatic heterocycles. The average Bonchev–Trinajstić information content (AvgIpc) is 3.77. The van der Waals surface area contributed by atoms with Crippen molar-refractivity contribution in [2.45, 2.75) is 63.2 Å². The first kappa shape index (κ1) is 36.0. The number of furan rings is 1. The summed E-state index contributed by atoms with van der Waals surface area (Å²) in [6.45, 7) is 0.996. The van der Waals surface area contributed by atoms with Crippen molar-refractivity contribution in [3.63, 3.8) is 0 Å². The molecule has 0 radical (unpaired) electrons. The van der Waals surface area contributed by atoms with Crippen LogP contribution >= 0.6 is 0 Å². The van der Waals surface area contributed by atoms with Crippen LogP contribution in [-0.2, 0) is 54.8 Å². The van der Waals surface area contributed by atoms with Gasteiger partial charge in [0.2, 0.25) is 0 Å². The molecule has 6 aromatic rings. The number of hydrogen-bond acceptors (Lipinski definition) is 8. The van der Waals surface area contributed by atoms with Gasteiger partial charge >= 0.3 is 5.97 Å². The standard InChI is InChI=1S/C45H42O8/c46-44(37-25-14-5-15-26-37)52-39(38-27-16-28-47-38)42-40(48-29-33-17-6-1-7-18-33)41(49-30-34-19-8-2-9-20-34)43(50-31-35-21-10-3-11-22-35)45(53-42)51-32-36-23-12-4-13-24-36/h1-28,39-43,45H,29-32H2/t39-,40-,41-,42+,43+,45-/m0/s1. The molecule has 0 amide bonds. The van der Waals surface area contributed by atoms with Crippen molar-refractivity contribution in [3.05, 3.63) is 204 Å². The molecule has 5 aromatic carbocycles. The third-order valence-corrected chi connectivity index (χ3v) is 9.01. The molecule has 1 aliphatic rings. The van der Waals surface area contributed by atoms with Crippen LogP contribution in [-0.4, -0.2) is 36.7 Å². The molecular formula is C45H42O8. The Morgan fingerprint density at radius 3 is 1.40 bits per heavy atom. The van der Waals surface area contributed by atoms with E-state index in [1.54, 1.807) is 42.7 Å². The van der Waals surface area contributed by atoms with Gasteiger partial charge in [-0.25, -0.2) is 4.79 Å². The number of benzene rings is 5. The van der Waals surface area contributed by atoms with Gasteiger partial charge in [0.25, 0.3) is 0 Å². The highest BCUT2D eigenvalue weighted by atomic mass is 16.7. The number of carbonyl (C=O) groups is 1. The van der Waals surface area contributed by atoms with Crippen LogP contribution in [0.25, 0.3) is 0 Å². The lowest BCUT2D eigenvalue weighted by Crippen LogP contribution is -2.62. The molecule has 0 aliphatic carbocycles. The fourth-order valence-corrected chi connectivity index (χ4v) is 6.32. The quantitative estimate of drug-likeness (QED) is 0.0922. The number of carbonyl (C=O) groups excluding carboxylic acids is 1. The van der Waals surface area contributed by atoms with Gasteiger partial charge in [-0.2, -0.15) is 0 Å². The largest absolute Gasteiger partial charge is 0.465 e. The second-order valence-electron chi connectivity index (χ2n) is 12.8. The lowest BCUT2D eigenvalue weighted by molar-refractivity contribution is -0.338. The fraction of sp³-hybridized carbons (Fsp3) is 0.222. The molecular weight excluding hydrogens is 668 g/mol. The third kappa shape index (κ3) is 9.75. The molecule has 53 heavy (non-hydrogen) atoms. The van der Waals surface area contributed by atoms with E-state index in [9.17, 15) is 4.79 Å². The van der Waals surface area contributed by atoms with Crippen LogP contribution in [0.3, 0.4) is 0 Å². The Morgan fingerprint density at radius 2 is 0.925 bits per heavy atom. The lowest BCUT2D eigenvalue weighted by Gasteiger charge is -2.47. The zero-order chi connectivity index (χ0) is 36.1. The Labute approximate surface area is 309 Å². The van der Waals surface area contributed by atoms with E-state index in [0.717, 1.165) is 22.3 Å². The Morgan fingerprint density at radius 1 is 0.491 bits per heavy atom. The molecule has 8 nitrogen and oxygen atoms in total. The van der Waals surface area contributed by atoms with Gasteiger partial charge < -0.3 is 32.8 Å². The minimum atomic E-state index is -1.04. The minimum Gasteiger partial charge on any atom is -0.465 e. The Bertz CT molecular complexity index is 1920. The highest BCUT2D eigenvalue weighted by molar-refractivity contribution is 5.89. The molecule has 7 rings (SSSR count). The normalized spacial score (nSPS) is 20.4. The number of hydrogen-bond donors (Lipinski definition) is 0. The van der Waals surface area contributed by atoms with Gasteiger partial charge in [0.1, 0.15) is 30.2 Å². The summed E-state index contributed by atoms with van der Waals surface area (Å²) in [6, 6.07) is 51.9. The van der Waals surface area contributed by atoms with E-state index in [4.69, 9.17) is 32.8 Å². The number of esters is 1. The molecule has 1 aliphatic heterocycles. The van der Waals surface area contributed by atoms with E-state index in [0.29, 0.717) is 11.3 Å². The van der Waals surface area contributed by atoms with Crippen LogP contribution in [0.15, 0.2) is 174 Å². The van der Waals surface area contributed by atoms with Crippen molar-refractivity contribution in [1.82, 2.24) is 0 Å². The fourth-order valence-electron chi connectivity index (χ4n) is 6.32. The monoisotopic (exact) mass is 710 g/mol. The van der Waals surface area contributed by atoms with Crippen molar-refractivity contribution in [1.29, 1.82) is 0 Å². The van der Waals surface area contributed by atoms with Crippen molar-refractivity contribution in [2.75, 3.05) is 0 Å². The molecule has 2 heterocycles. The van der Waals surface area contributed by atoms with Crippen molar-refractivity contribution >= 4 is 5.97 Å². The number of rotatable bonds is 16. The summed E-state index contributed by atoms with van der Waals surface area (Å²) in [7, 11) is 0. The van der Waals surface area contributed by atoms with Crippen molar-refractivity contribution in [2.24, 2.45) is 0 Å². The molecule has 6 atom stereocenters. The second kappa shape index (κ2) is 18.4. The Hall–Kier alpha value is -5.35. The first-order valence-electron chi connectivity index (χ1n) is 17.8. The molecule has 0 saturated carbocycles. The van der Waals surface area contributed by atoms with E-state index >= 15 is 0 Å². The lowest BCUT2D eigenvalue weighted by atomic mass is 9.93. The molecule has 0 unspecified atom stereocenters. The van der Waals surface area contributed by atoms with E-state index in [2.05, 4.69) is 0 Å². The minimum absolute atomic E-state index is 0.231. The van der Waals surface area contributed by atoms with E-state index < -0.39 is 42.8 Å². The number of ether oxygens (including phenoxy) is 6. The van der Waals surface area contributed by atoms with E-state index in [1.165, 1.54) is 0 Å². The zero-order valence-corrected chi connectivity index (χ0v) is 29.2. The van der Waals surface area contributed by atoms with Gasteiger partial charge in [-0.3, -0.25) is 0 Å². The molecule has 0 N–H and O–H groups in total. The SMILES string of the molecule is O=C(O[C@@H](c1ccco1)[C@H]1O[C@H](OCc2ccccc2)[C@H](OCc2ccccc2)[C@@H](OCc2ccccc2)[C@@H]1OCc1ccccc1)c1ccccc1.